The molecule has 1 aromatic carbocycles. The van der Waals surface area contributed by atoms with Gasteiger partial charge < -0.3 is 10.2 Å². The lowest BCUT2D eigenvalue weighted by Gasteiger charge is -2.24. The topological polar surface area (TPSA) is 112 Å². The van der Waals surface area contributed by atoms with E-state index in [1.165, 1.54) is 19.2 Å². The number of rotatable bonds is 5. The summed E-state index contributed by atoms with van der Waals surface area (Å²) in [5.41, 5.74) is 1.55. The third kappa shape index (κ3) is 4.54. The van der Waals surface area contributed by atoms with Gasteiger partial charge in [0.2, 0.25) is 15.9 Å². The Morgan fingerprint density at radius 3 is 2.58 bits per heavy atom. The molecule has 164 valence electrons. The zero-order valence-electron chi connectivity index (χ0n) is 17.2. The minimum Gasteiger partial charge on any atom is -0.324 e. The van der Waals surface area contributed by atoms with Crippen LogP contribution in [-0.2, 0) is 21.2 Å². The normalized spacial score (nSPS) is 16.8. The molecule has 2 N–H and O–H groups in total. The minimum absolute atomic E-state index is 0.0233. The molecule has 1 fully saturated rings. The van der Waals surface area contributed by atoms with E-state index in [4.69, 9.17) is 0 Å². The van der Waals surface area contributed by atoms with Crippen molar-refractivity contribution < 1.29 is 18.0 Å². The average Bonchev–Trinajstić information content (AvgIpc) is 3.43. The SMILES string of the molecule is C[C@H](NS(=O)(=O)c1ccc2c(c1)CCN2C(=O)N1CCCC1)C(=O)Nc1ccccn1. The summed E-state index contributed by atoms with van der Waals surface area (Å²) in [5, 5.41) is 2.58. The van der Waals surface area contributed by atoms with Crippen LogP contribution in [0.15, 0.2) is 47.5 Å². The molecule has 1 atom stereocenters. The predicted molar refractivity (Wildman–Crippen MR) is 116 cm³/mol. The van der Waals surface area contributed by atoms with E-state index in [-0.39, 0.29) is 10.9 Å². The van der Waals surface area contributed by atoms with Crippen LogP contribution in [0.4, 0.5) is 16.3 Å². The fourth-order valence-corrected chi connectivity index (χ4v) is 5.10. The second kappa shape index (κ2) is 8.64. The number of pyridine rings is 1. The number of hydrogen-bond acceptors (Lipinski definition) is 5. The Bertz CT molecular complexity index is 1080. The molecule has 0 spiro atoms. The number of fused-ring (bicyclic) bond motifs is 1. The number of carbonyl (C=O) groups excluding carboxylic acids is 2. The molecule has 1 saturated heterocycles. The maximum Gasteiger partial charge on any atom is 0.324 e. The highest BCUT2D eigenvalue weighted by Crippen LogP contribution is 2.31. The third-order valence-corrected chi connectivity index (χ3v) is 7.04. The standard InChI is InChI=1S/C21H25N5O4S/c1-15(20(27)23-19-6-2-3-10-22-19)24-31(29,30)17-7-8-18-16(14-17)9-13-26(18)21(28)25-11-4-5-12-25/h2-3,6-8,10,14-15,24H,4-5,9,11-13H2,1H3,(H,22,23,27)/t15-/m0/s1. The number of nitrogens with zero attached hydrogens (tertiary/aromatic N) is 3. The van der Waals surface area contributed by atoms with Gasteiger partial charge >= 0.3 is 6.03 Å². The Morgan fingerprint density at radius 2 is 1.87 bits per heavy atom. The lowest BCUT2D eigenvalue weighted by atomic mass is 10.2. The number of likely N-dealkylation sites (tertiary alicyclic amines) is 1. The average molecular weight is 444 g/mol. The van der Waals surface area contributed by atoms with Crippen molar-refractivity contribution in [2.45, 2.75) is 37.1 Å². The Kier molecular flexibility index (Phi) is 5.92. The Balaban J connectivity index is 1.45. The van der Waals surface area contributed by atoms with Crippen LogP contribution >= 0.6 is 0 Å². The van der Waals surface area contributed by atoms with E-state index in [0.29, 0.717) is 18.8 Å². The summed E-state index contributed by atoms with van der Waals surface area (Å²) in [5.74, 6) is -0.162. The van der Waals surface area contributed by atoms with Crippen molar-refractivity contribution in [2.24, 2.45) is 0 Å². The van der Waals surface area contributed by atoms with E-state index in [9.17, 15) is 18.0 Å². The number of nitrogens with one attached hydrogen (secondary N) is 2. The molecule has 1 aromatic heterocycles. The van der Waals surface area contributed by atoms with Crippen LogP contribution in [0.3, 0.4) is 0 Å². The van der Waals surface area contributed by atoms with Crippen molar-refractivity contribution in [3.8, 4) is 0 Å². The maximum absolute atomic E-state index is 12.8. The summed E-state index contributed by atoms with van der Waals surface area (Å²) < 4.78 is 28.1. The molecule has 4 rings (SSSR count). The monoisotopic (exact) mass is 443 g/mol. The summed E-state index contributed by atoms with van der Waals surface area (Å²) in [6, 6.07) is 8.77. The molecule has 10 heteroatoms. The molecule has 31 heavy (non-hydrogen) atoms. The number of sulfonamides is 1. The van der Waals surface area contributed by atoms with Gasteiger partial charge in [0, 0.05) is 31.5 Å². The first-order valence-corrected chi connectivity index (χ1v) is 11.8. The maximum atomic E-state index is 12.8. The van der Waals surface area contributed by atoms with Crippen molar-refractivity contribution in [3.05, 3.63) is 48.2 Å². The van der Waals surface area contributed by atoms with Gasteiger partial charge in [-0.1, -0.05) is 6.07 Å². The van der Waals surface area contributed by atoms with Gasteiger partial charge in [-0.15, -0.1) is 0 Å². The lowest BCUT2D eigenvalue weighted by molar-refractivity contribution is -0.117. The summed E-state index contributed by atoms with van der Waals surface area (Å²) in [4.78, 5) is 32.7. The molecule has 9 nitrogen and oxygen atoms in total. The van der Waals surface area contributed by atoms with Gasteiger partial charge in [0.05, 0.1) is 10.9 Å². The first-order valence-electron chi connectivity index (χ1n) is 10.3. The van der Waals surface area contributed by atoms with Gasteiger partial charge in [0.25, 0.3) is 0 Å². The quantitative estimate of drug-likeness (QED) is 0.734. The Morgan fingerprint density at radius 1 is 1.10 bits per heavy atom. The van der Waals surface area contributed by atoms with Crippen molar-refractivity contribution in [3.63, 3.8) is 0 Å². The Labute approximate surface area is 181 Å². The van der Waals surface area contributed by atoms with Gasteiger partial charge in [-0.2, -0.15) is 4.72 Å². The zero-order valence-corrected chi connectivity index (χ0v) is 18.1. The van der Waals surface area contributed by atoms with E-state index in [2.05, 4.69) is 15.0 Å². The zero-order chi connectivity index (χ0) is 22.0. The van der Waals surface area contributed by atoms with E-state index >= 15 is 0 Å². The van der Waals surface area contributed by atoms with Gasteiger partial charge in [-0.05, 0) is 62.1 Å². The van der Waals surface area contributed by atoms with E-state index in [1.807, 2.05) is 4.90 Å². The highest BCUT2D eigenvalue weighted by atomic mass is 32.2. The minimum atomic E-state index is -3.92. The number of anilines is 2. The molecule has 0 aliphatic carbocycles. The summed E-state index contributed by atoms with van der Waals surface area (Å²) in [6.45, 7) is 3.53. The Hall–Kier alpha value is -2.98. The summed E-state index contributed by atoms with van der Waals surface area (Å²) in [7, 11) is -3.92. The molecule has 3 amide bonds. The van der Waals surface area contributed by atoms with Crippen LogP contribution in [0.2, 0.25) is 0 Å². The highest BCUT2D eigenvalue weighted by Gasteiger charge is 2.31. The van der Waals surface area contributed by atoms with Crippen molar-refractivity contribution in [1.82, 2.24) is 14.6 Å². The molecule has 0 unspecified atom stereocenters. The van der Waals surface area contributed by atoms with E-state index < -0.39 is 22.0 Å². The van der Waals surface area contributed by atoms with Gasteiger partial charge in [0.1, 0.15) is 5.82 Å². The second-order valence-corrected chi connectivity index (χ2v) is 9.43. The van der Waals surface area contributed by atoms with Crippen molar-refractivity contribution in [1.29, 1.82) is 0 Å². The summed E-state index contributed by atoms with van der Waals surface area (Å²) in [6.07, 6.45) is 4.16. The van der Waals surface area contributed by atoms with Crippen LogP contribution in [0.5, 0.6) is 0 Å². The van der Waals surface area contributed by atoms with Gasteiger partial charge in [-0.25, -0.2) is 18.2 Å². The number of hydrogen-bond donors (Lipinski definition) is 2. The fourth-order valence-electron chi connectivity index (χ4n) is 3.85. The molecule has 0 bridgehead atoms. The van der Waals surface area contributed by atoms with Crippen LogP contribution in [0.1, 0.15) is 25.3 Å². The number of amides is 3. The van der Waals surface area contributed by atoms with Gasteiger partial charge in [0.15, 0.2) is 0 Å². The first-order chi connectivity index (χ1) is 14.8. The molecule has 2 aromatic rings. The van der Waals surface area contributed by atoms with E-state index in [0.717, 1.165) is 37.2 Å². The second-order valence-electron chi connectivity index (χ2n) is 7.72. The smallest absolute Gasteiger partial charge is 0.324 e. The van der Waals surface area contributed by atoms with Crippen molar-refractivity contribution >= 4 is 33.5 Å². The summed E-state index contributed by atoms with van der Waals surface area (Å²) >= 11 is 0. The van der Waals surface area contributed by atoms with Crippen LogP contribution in [0.25, 0.3) is 0 Å². The molecule has 2 aliphatic rings. The molecular weight excluding hydrogens is 418 g/mol. The number of benzene rings is 1. The first kappa shape index (κ1) is 21.3. The lowest BCUT2D eigenvalue weighted by Crippen LogP contribution is -2.41. The fraction of sp³-hybridized carbons (Fsp3) is 0.381. The van der Waals surface area contributed by atoms with E-state index in [1.54, 1.807) is 35.2 Å². The number of aromatic nitrogens is 1. The predicted octanol–water partition coefficient (Wildman–Crippen LogP) is 1.97. The van der Waals surface area contributed by atoms with Crippen LogP contribution in [-0.4, -0.2) is 55.9 Å². The molecular formula is C21H25N5O4S. The highest BCUT2D eigenvalue weighted by molar-refractivity contribution is 7.89. The number of carbonyl (C=O) groups is 2. The largest absolute Gasteiger partial charge is 0.324 e. The molecule has 3 heterocycles. The van der Waals surface area contributed by atoms with Gasteiger partial charge in [-0.3, -0.25) is 9.69 Å². The number of urea groups is 1. The molecule has 0 radical (unpaired) electrons. The molecule has 2 aliphatic heterocycles. The van der Waals surface area contributed by atoms with Crippen LogP contribution in [0, 0.1) is 0 Å². The van der Waals surface area contributed by atoms with Crippen LogP contribution < -0.4 is 14.9 Å². The third-order valence-electron chi connectivity index (χ3n) is 5.51. The van der Waals surface area contributed by atoms with Crippen molar-refractivity contribution in [2.75, 3.05) is 29.9 Å². The molecule has 0 saturated carbocycles.